The van der Waals surface area contributed by atoms with Crippen LogP contribution in [-0.2, 0) is 19.1 Å². The summed E-state index contributed by atoms with van der Waals surface area (Å²) in [6, 6.07) is 16.0. The highest BCUT2D eigenvalue weighted by Crippen LogP contribution is 2.43. The van der Waals surface area contributed by atoms with Gasteiger partial charge in [-0.1, -0.05) is 93.4 Å². The number of ketones is 2. The van der Waals surface area contributed by atoms with Gasteiger partial charge in [0.1, 0.15) is 5.76 Å². The molecule has 1 aliphatic heterocycles. The van der Waals surface area contributed by atoms with Crippen LogP contribution in [0.2, 0.25) is 0 Å². The molecule has 0 aliphatic carbocycles. The van der Waals surface area contributed by atoms with Crippen molar-refractivity contribution in [3.8, 4) is 0 Å². The van der Waals surface area contributed by atoms with Crippen molar-refractivity contribution in [1.29, 1.82) is 0 Å². The standard InChI is InChI=1S/C34H38O4S4/c1-7-39-33(40-8-2)29(27(35)20-17-24-15-11-22(5)12-16-24)26(25-18-13-23(6)14-19-25)21-28-30(31(36)32(37)38-28)34(41-9-3)42-10-4/h11-21,26H,7-10H2,1-6H3/b20-17+,28-21-. The van der Waals surface area contributed by atoms with Crippen LogP contribution in [-0.4, -0.2) is 40.5 Å². The van der Waals surface area contributed by atoms with Gasteiger partial charge < -0.3 is 4.74 Å². The molecule has 0 bridgehead atoms. The first kappa shape index (κ1) is 34.1. The first-order chi connectivity index (χ1) is 20.2. The van der Waals surface area contributed by atoms with E-state index in [4.69, 9.17) is 4.74 Å². The van der Waals surface area contributed by atoms with Crippen LogP contribution in [0.3, 0.4) is 0 Å². The Morgan fingerprint density at radius 3 is 1.83 bits per heavy atom. The Balaban J connectivity index is 2.29. The normalized spacial score (nSPS) is 14.9. The first-order valence-electron chi connectivity index (χ1n) is 14.1. The van der Waals surface area contributed by atoms with E-state index < -0.39 is 17.7 Å². The predicted octanol–water partition coefficient (Wildman–Crippen LogP) is 9.11. The molecule has 42 heavy (non-hydrogen) atoms. The fourth-order valence-corrected chi connectivity index (χ4v) is 8.79. The van der Waals surface area contributed by atoms with Crippen LogP contribution in [0, 0.1) is 13.8 Å². The fourth-order valence-electron chi connectivity index (χ4n) is 4.22. The van der Waals surface area contributed by atoms with E-state index in [1.54, 1.807) is 35.7 Å². The number of thioether (sulfide) groups is 4. The Bertz CT molecular complexity index is 1380. The molecule has 2 aromatic rings. The second-order valence-electron chi connectivity index (χ2n) is 9.34. The summed E-state index contributed by atoms with van der Waals surface area (Å²) in [5.74, 6) is 1.12. The van der Waals surface area contributed by atoms with Gasteiger partial charge in [-0.25, -0.2) is 4.79 Å². The van der Waals surface area contributed by atoms with Crippen LogP contribution in [0.25, 0.3) is 6.08 Å². The maximum Gasteiger partial charge on any atom is 0.385 e. The van der Waals surface area contributed by atoms with Crippen LogP contribution in [0.4, 0.5) is 0 Å². The Labute approximate surface area is 267 Å². The fraction of sp³-hybridized carbons (Fsp3) is 0.324. The monoisotopic (exact) mass is 638 g/mol. The van der Waals surface area contributed by atoms with Gasteiger partial charge in [-0.15, -0.1) is 47.0 Å². The van der Waals surface area contributed by atoms with Crippen LogP contribution in [0.5, 0.6) is 0 Å². The van der Waals surface area contributed by atoms with Crippen LogP contribution in [0.15, 0.2) is 86.1 Å². The molecule has 1 unspecified atom stereocenters. The average Bonchev–Trinajstić information content (AvgIpc) is 3.25. The SMILES string of the molecule is CCSC(SCC)=C1C(=O)C(=O)O/C1=C\C(C(C(=O)/C=C/c1ccc(C)cc1)=C(SCC)SCC)c1ccc(C)cc1. The van der Waals surface area contributed by atoms with Gasteiger partial charge in [0.25, 0.3) is 5.78 Å². The molecule has 1 aliphatic rings. The average molecular weight is 639 g/mol. The molecule has 2 aromatic carbocycles. The molecule has 1 saturated heterocycles. The van der Waals surface area contributed by atoms with Gasteiger partial charge in [0, 0.05) is 15.7 Å². The molecule has 4 nitrogen and oxygen atoms in total. The molecule has 1 atom stereocenters. The lowest BCUT2D eigenvalue weighted by molar-refractivity contribution is -0.145. The number of carbonyl (C=O) groups excluding carboxylic acids is 3. The summed E-state index contributed by atoms with van der Waals surface area (Å²) in [5.41, 5.74) is 4.97. The molecule has 1 fully saturated rings. The number of benzene rings is 2. The van der Waals surface area contributed by atoms with Gasteiger partial charge in [-0.05, 0) is 60.1 Å². The lowest BCUT2D eigenvalue weighted by Crippen LogP contribution is -2.12. The summed E-state index contributed by atoms with van der Waals surface area (Å²) in [7, 11) is 0. The van der Waals surface area contributed by atoms with Crippen molar-refractivity contribution >= 4 is 70.7 Å². The molecule has 0 spiro atoms. The van der Waals surface area contributed by atoms with E-state index in [1.807, 2.05) is 82.3 Å². The molecular weight excluding hydrogens is 601 g/mol. The van der Waals surface area contributed by atoms with Gasteiger partial charge in [0.05, 0.1) is 9.81 Å². The molecule has 0 amide bonds. The number of esters is 1. The number of carbonyl (C=O) groups is 3. The molecule has 0 saturated carbocycles. The molecule has 0 N–H and O–H groups in total. The van der Waals surface area contributed by atoms with Crippen molar-refractivity contribution in [3.05, 3.63) is 108 Å². The van der Waals surface area contributed by atoms with Crippen molar-refractivity contribution in [2.75, 3.05) is 23.0 Å². The lowest BCUT2D eigenvalue weighted by atomic mass is 9.87. The van der Waals surface area contributed by atoms with E-state index in [1.165, 1.54) is 23.5 Å². The van der Waals surface area contributed by atoms with Crippen LogP contribution < -0.4 is 0 Å². The van der Waals surface area contributed by atoms with Gasteiger partial charge in [0.15, 0.2) is 5.78 Å². The zero-order valence-corrected chi connectivity index (χ0v) is 28.3. The van der Waals surface area contributed by atoms with Crippen LogP contribution in [0.1, 0.15) is 55.9 Å². The van der Waals surface area contributed by atoms with Crippen molar-refractivity contribution in [2.45, 2.75) is 47.5 Å². The Hall–Kier alpha value is -2.39. The largest absolute Gasteiger partial charge is 0.420 e. The van der Waals surface area contributed by atoms with Crippen molar-refractivity contribution in [1.82, 2.24) is 0 Å². The quantitative estimate of drug-likeness (QED) is 0.115. The van der Waals surface area contributed by atoms with Gasteiger partial charge in [-0.3, -0.25) is 9.59 Å². The van der Waals surface area contributed by atoms with E-state index in [9.17, 15) is 14.4 Å². The molecule has 0 radical (unpaired) electrons. The maximum atomic E-state index is 14.2. The zero-order valence-electron chi connectivity index (χ0n) is 25.0. The number of cyclic esters (lactones) is 1. The van der Waals surface area contributed by atoms with Crippen molar-refractivity contribution in [2.24, 2.45) is 0 Å². The summed E-state index contributed by atoms with van der Waals surface area (Å²) in [6.45, 7) is 12.2. The van der Waals surface area contributed by atoms with Crippen LogP contribution >= 0.6 is 47.0 Å². The Morgan fingerprint density at radius 2 is 1.31 bits per heavy atom. The van der Waals surface area contributed by atoms with Gasteiger partial charge in [-0.2, -0.15) is 0 Å². The van der Waals surface area contributed by atoms with Crippen molar-refractivity contribution in [3.63, 3.8) is 0 Å². The van der Waals surface area contributed by atoms with E-state index in [0.717, 1.165) is 53.7 Å². The molecule has 8 heteroatoms. The molecule has 3 rings (SSSR count). The zero-order chi connectivity index (χ0) is 30.6. The number of allylic oxidation sites excluding steroid dienone is 4. The highest BCUT2D eigenvalue weighted by Gasteiger charge is 2.38. The number of aryl methyl sites for hydroxylation is 2. The lowest BCUT2D eigenvalue weighted by Gasteiger charge is -2.21. The summed E-state index contributed by atoms with van der Waals surface area (Å²) in [4.78, 5) is 39.9. The molecular formula is C34H38O4S4. The highest BCUT2D eigenvalue weighted by atomic mass is 32.2. The minimum atomic E-state index is -0.882. The van der Waals surface area contributed by atoms with E-state index in [-0.39, 0.29) is 11.5 Å². The number of hydrogen-bond donors (Lipinski definition) is 0. The Kier molecular flexibility index (Phi) is 13.8. The topological polar surface area (TPSA) is 60.4 Å². The maximum absolute atomic E-state index is 14.2. The molecule has 0 aromatic heterocycles. The molecule has 222 valence electrons. The minimum Gasteiger partial charge on any atom is -0.420 e. The third-order valence-electron chi connectivity index (χ3n) is 6.22. The smallest absolute Gasteiger partial charge is 0.385 e. The number of rotatable bonds is 14. The predicted molar refractivity (Wildman–Crippen MR) is 185 cm³/mol. The van der Waals surface area contributed by atoms with Gasteiger partial charge in [0.2, 0.25) is 0 Å². The second kappa shape index (κ2) is 17.0. The summed E-state index contributed by atoms with van der Waals surface area (Å²) < 4.78 is 7.32. The van der Waals surface area contributed by atoms with E-state index in [2.05, 4.69) is 13.8 Å². The summed E-state index contributed by atoms with van der Waals surface area (Å²) in [5, 5.41) is 0. The highest BCUT2D eigenvalue weighted by molar-refractivity contribution is 8.22. The summed E-state index contributed by atoms with van der Waals surface area (Å²) >= 11 is 6.32. The van der Waals surface area contributed by atoms with Crippen molar-refractivity contribution < 1.29 is 19.1 Å². The first-order valence-corrected chi connectivity index (χ1v) is 18.0. The number of ether oxygens (including phenoxy) is 1. The third kappa shape index (κ3) is 9.06. The van der Waals surface area contributed by atoms with Gasteiger partial charge >= 0.3 is 5.97 Å². The third-order valence-corrected chi connectivity index (χ3v) is 10.7. The minimum absolute atomic E-state index is 0.123. The van der Waals surface area contributed by atoms with E-state index in [0.29, 0.717) is 11.1 Å². The number of hydrogen-bond acceptors (Lipinski definition) is 8. The molecule has 1 heterocycles. The number of Topliss-reactive ketones (excluding diaryl/α,β-unsaturated/α-hetero) is 1. The van der Waals surface area contributed by atoms with E-state index >= 15 is 0 Å². The second-order valence-corrected chi connectivity index (χ2v) is 15.0. The summed E-state index contributed by atoms with van der Waals surface area (Å²) in [6.07, 6.45) is 5.26. The Morgan fingerprint density at radius 1 is 0.786 bits per heavy atom.